The zero-order valence-corrected chi connectivity index (χ0v) is 13.7. The van der Waals surface area contributed by atoms with Gasteiger partial charge in [-0.1, -0.05) is 26.0 Å². The van der Waals surface area contributed by atoms with Crippen LogP contribution in [0.1, 0.15) is 25.1 Å². The minimum Gasteiger partial charge on any atom is -0.340 e. The third kappa shape index (κ3) is 3.83. The first-order chi connectivity index (χ1) is 10.7. The van der Waals surface area contributed by atoms with E-state index in [1.54, 1.807) is 0 Å². The number of nitrogens with one attached hydrogen (secondary N) is 1. The normalized spacial score (nSPS) is 14.4. The van der Waals surface area contributed by atoms with Crippen molar-refractivity contribution in [3.8, 4) is 0 Å². The monoisotopic (exact) mass is 299 g/mol. The van der Waals surface area contributed by atoms with E-state index in [0.29, 0.717) is 6.42 Å². The topological polar surface area (TPSA) is 45.2 Å². The number of rotatable bonds is 2. The van der Waals surface area contributed by atoms with E-state index in [9.17, 15) is 4.79 Å². The number of piperazine rings is 1. The number of carbonyl (C=O) groups is 1. The Bertz CT molecular complexity index is 633. The van der Waals surface area contributed by atoms with E-state index in [1.807, 2.05) is 44.0 Å². The maximum absolute atomic E-state index is 12.3. The van der Waals surface area contributed by atoms with Crippen LogP contribution in [0.25, 0.3) is 10.8 Å². The molecule has 1 amide bonds. The largest absolute Gasteiger partial charge is 0.340 e. The standard InChI is InChI=1S/C16H19N3O.C2H6/c1-12-15-10-13(2-3-14(15)4-5-18-12)11-16(20)19-8-6-17-7-9-19;1-2/h2-5,10,17H,6-9,11H2,1H3;1-2H3. The van der Waals surface area contributed by atoms with E-state index in [-0.39, 0.29) is 5.91 Å². The molecule has 2 aromatic rings. The molecular formula is C18H25N3O. The molecule has 4 heteroatoms. The van der Waals surface area contributed by atoms with E-state index >= 15 is 0 Å². The number of benzene rings is 1. The Balaban J connectivity index is 0.000000847. The average molecular weight is 299 g/mol. The summed E-state index contributed by atoms with van der Waals surface area (Å²) in [4.78, 5) is 18.5. The van der Waals surface area contributed by atoms with Crippen LogP contribution in [-0.4, -0.2) is 42.0 Å². The number of hydrogen-bond acceptors (Lipinski definition) is 3. The number of nitrogens with zero attached hydrogens (tertiary/aromatic N) is 2. The van der Waals surface area contributed by atoms with Gasteiger partial charge in [-0.15, -0.1) is 0 Å². The van der Waals surface area contributed by atoms with Gasteiger partial charge in [-0.3, -0.25) is 9.78 Å². The molecule has 0 spiro atoms. The number of aromatic nitrogens is 1. The van der Waals surface area contributed by atoms with Crippen LogP contribution in [0.3, 0.4) is 0 Å². The van der Waals surface area contributed by atoms with Crippen molar-refractivity contribution < 1.29 is 4.79 Å². The first-order valence-corrected chi connectivity index (χ1v) is 8.07. The molecule has 1 saturated heterocycles. The van der Waals surface area contributed by atoms with Crippen LogP contribution in [0.4, 0.5) is 0 Å². The highest BCUT2D eigenvalue weighted by atomic mass is 16.2. The Kier molecular flexibility index (Phi) is 5.90. The summed E-state index contributed by atoms with van der Waals surface area (Å²) in [5.41, 5.74) is 2.08. The van der Waals surface area contributed by atoms with Crippen LogP contribution in [-0.2, 0) is 11.2 Å². The van der Waals surface area contributed by atoms with Gasteiger partial charge in [-0.05, 0) is 30.0 Å². The predicted molar refractivity (Wildman–Crippen MR) is 91.0 cm³/mol. The van der Waals surface area contributed by atoms with Gasteiger partial charge < -0.3 is 10.2 Å². The minimum atomic E-state index is 0.215. The molecule has 3 rings (SSSR count). The number of fused-ring (bicyclic) bond motifs is 1. The molecule has 1 fully saturated rings. The fourth-order valence-corrected chi connectivity index (χ4v) is 2.67. The van der Waals surface area contributed by atoms with Crippen molar-refractivity contribution in [2.45, 2.75) is 27.2 Å². The second kappa shape index (κ2) is 7.90. The lowest BCUT2D eigenvalue weighted by molar-refractivity contribution is -0.131. The molecule has 0 radical (unpaired) electrons. The zero-order valence-electron chi connectivity index (χ0n) is 13.7. The van der Waals surface area contributed by atoms with Gasteiger partial charge in [0.2, 0.25) is 5.91 Å². The predicted octanol–water partition coefficient (Wildman–Crippen LogP) is 2.54. The highest BCUT2D eigenvalue weighted by Crippen LogP contribution is 2.18. The second-order valence-electron chi connectivity index (χ2n) is 5.26. The second-order valence-corrected chi connectivity index (χ2v) is 5.26. The Morgan fingerprint density at radius 3 is 2.68 bits per heavy atom. The molecule has 0 atom stereocenters. The van der Waals surface area contributed by atoms with Crippen molar-refractivity contribution in [2.75, 3.05) is 26.2 Å². The van der Waals surface area contributed by atoms with Crippen molar-refractivity contribution >= 4 is 16.7 Å². The van der Waals surface area contributed by atoms with E-state index in [2.05, 4.69) is 22.4 Å². The quantitative estimate of drug-likeness (QED) is 0.927. The lowest BCUT2D eigenvalue weighted by Crippen LogP contribution is -2.46. The average Bonchev–Trinajstić information content (AvgIpc) is 2.58. The molecule has 4 nitrogen and oxygen atoms in total. The van der Waals surface area contributed by atoms with E-state index in [4.69, 9.17) is 0 Å². The van der Waals surface area contributed by atoms with Crippen LogP contribution >= 0.6 is 0 Å². The number of amides is 1. The van der Waals surface area contributed by atoms with Gasteiger partial charge in [-0.2, -0.15) is 0 Å². The number of hydrogen-bond donors (Lipinski definition) is 1. The first kappa shape index (κ1) is 16.4. The molecule has 2 heterocycles. The van der Waals surface area contributed by atoms with E-state index in [0.717, 1.165) is 42.8 Å². The van der Waals surface area contributed by atoms with Gasteiger partial charge in [0.1, 0.15) is 0 Å². The van der Waals surface area contributed by atoms with Crippen LogP contribution < -0.4 is 5.32 Å². The van der Waals surface area contributed by atoms with Gasteiger partial charge >= 0.3 is 0 Å². The van der Waals surface area contributed by atoms with Gasteiger partial charge in [0, 0.05) is 43.5 Å². The van der Waals surface area contributed by atoms with Crippen LogP contribution in [0.2, 0.25) is 0 Å². The Labute approximate surface area is 132 Å². The van der Waals surface area contributed by atoms with Crippen LogP contribution in [0, 0.1) is 6.92 Å². The summed E-state index contributed by atoms with van der Waals surface area (Å²) in [5, 5.41) is 5.58. The fourth-order valence-electron chi connectivity index (χ4n) is 2.67. The number of aryl methyl sites for hydroxylation is 1. The van der Waals surface area contributed by atoms with E-state index in [1.165, 1.54) is 5.39 Å². The summed E-state index contributed by atoms with van der Waals surface area (Å²) in [7, 11) is 0. The molecule has 0 saturated carbocycles. The molecule has 1 N–H and O–H groups in total. The lowest BCUT2D eigenvalue weighted by atomic mass is 10.0. The minimum absolute atomic E-state index is 0.215. The van der Waals surface area contributed by atoms with Gasteiger partial charge in [-0.25, -0.2) is 0 Å². The highest BCUT2D eigenvalue weighted by Gasteiger charge is 2.16. The lowest BCUT2D eigenvalue weighted by Gasteiger charge is -2.27. The summed E-state index contributed by atoms with van der Waals surface area (Å²) in [6.45, 7) is 9.42. The zero-order chi connectivity index (χ0) is 15.9. The highest BCUT2D eigenvalue weighted by molar-refractivity contribution is 5.86. The van der Waals surface area contributed by atoms with E-state index < -0.39 is 0 Å². The van der Waals surface area contributed by atoms with Gasteiger partial charge in [0.15, 0.2) is 0 Å². The Morgan fingerprint density at radius 1 is 1.23 bits per heavy atom. The van der Waals surface area contributed by atoms with Crippen molar-refractivity contribution in [2.24, 2.45) is 0 Å². The van der Waals surface area contributed by atoms with Crippen molar-refractivity contribution in [1.82, 2.24) is 15.2 Å². The fraction of sp³-hybridized carbons (Fsp3) is 0.444. The summed E-state index contributed by atoms with van der Waals surface area (Å²) >= 11 is 0. The molecule has 22 heavy (non-hydrogen) atoms. The van der Waals surface area contributed by atoms with Crippen molar-refractivity contribution in [3.05, 3.63) is 41.7 Å². The van der Waals surface area contributed by atoms with Crippen molar-refractivity contribution in [1.29, 1.82) is 0 Å². The van der Waals surface area contributed by atoms with Crippen LogP contribution in [0.5, 0.6) is 0 Å². The van der Waals surface area contributed by atoms with Crippen molar-refractivity contribution in [3.63, 3.8) is 0 Å². The maximum atomic E-state index is 12.3. The maximum Gasteiger partial charge on any atom is 0.227 e. The van der Waals surface area contributed by atoms with Crippen LogP contribution in [0.15, 0.2) is 30.5 Å². The van der Waals surface area contributed by atoms with Gasteiger partial charge in [0.05, 0.1) is 6.42 Å². The molecule has 1 aliphatic heterocycles. The summed E-state index contributed by atoms with van der Waals surface area (Å²) in [6.07, 6.45) is 2.30. The van der Waals surface area contributed by atoms with Gasteiger partial charge in [0.25, 0.3) is 0 Å². The summed E-state index contributed by atoms with van der Waals surface area (Å²) in [5.74, 6) is 0.215. The number of carbonyl (C=O) groups excluding carboxylic acids is 1. The Morgan fingerprint density at radius 2 is 1.95 bits per heavy atom. The molecular weight excluding hydrogens is 274 g/mol. The third-order valence-corrected chi connectivity index (χ3v) is 3.85. The summed E-state index contributed by atoms with van der Waals surface area (Å²) < 4.78 is 0. The Hall–Kier alpha value is -1.94. The SMILES string of the molecule is CC.Cc1nccc2ccc(CC(=O)N3CCNCC3)cc12. The first-order valence-electron chi connectivity index (χ1n) is 8.07. The molecule has 118 valence electrons. The smallest absolute Gasteiger partial charge is 0.227 e. The molecule has 0 unspecified atom stereocenters. The molecule has 1 aromatic carbocycles. The molecule has 0 bridgehead atoms. The molecule has 0 aliphatic carbocycles. The molecule has 1 aromatic heterocycles. The third-order valence-electron chi connectivity index (χ3n) is 3.85. The molecule has 1 aliphatic rings. The summed E-state index contributed by atoms with van der Waals surface area (Å²) in [6, 6.07) is 8.22. The number of pyridine rings is 1.